The maximum absolute atomic E-state index is 11.1. The maximum Gasteiger partial charge on any atom is 0.229 e. The van der Waals surface area contributed by atoms with Gasteiger partial charge in [-0.1, -0.05) is 5.16 Å². The molecule has 6 nitrogen and oxygen atoms in total. The van der Waals surface area contributed by atoms with Crippen LogP contribution in [0.3, 0.4) is 0 Å². The van der Waals surface area contributed by atoms with Gasteiger partial charge in [0, 0.05) is 18.2 Å². The van der Waals surface area contributed by atoms with Gasteiger partial charge >= 0.3 is 0 Å². The zero-order valence-electron chi connectivity index (χ0n) is 9.80. The molecule has 1 fully saturated rings. The van der Waals surface area contributed by atoms with Gasteiger partial charge in [0.05, 0.1) is 0 Å². The van der Waals surface area contributed by atoms with Gasteiger partial charge in [-0.3, -0.25) is 0 Å². The fourth-order valence-corrected chi connectivity index (χ4v) is 2.68. The highest BCUT2D eigenvalue weighted by atomic mass is 32.2. The van der Waals surface area contributed by atoms with Crippen LogP contribution >= 0.6 is 0 Å². The number of rotatable bonds is 3. The summed E-state index contributed by atoms with van der Waals surface area (Å²) in [6, 6.07) is 0.268. The second kappa shape index (κ2) is 4.73. The van der Waals surface area contributed by atoms with Gasteiger partial charge in [0.15, 0.2) is 15.7 Å². The van der Waals surface area contributed by atoms with Gasteiger partial charge < -0.3 is 10.3 Å². The third-order valence-corrected chi connectivity index (χ3v) is 3.78. The highest BCUT2D eigenvalue weighted by Crippen LogP contribution is 2.31. The highest BCUT2D eigenvalue weighted by Gasteiger charge is 2.25. The van der Waals surface area contributed by atoms with E-state index >= 15 is 0 Å². The summed E-state index contributed by atoms with van der Waals surface area (Å²) < 4.78 is 27.3. The first-order chi connectivity index (χ1) is 7.94. The number of nitrogens with two attached hydrogens (primary N) is 1. The predicted molar refractivity (Wildman–Crippen MR) is 62.0 cm³/mol. The largest absolute Gasteiger partial charge is 0.339 e. The molecule has 1 aliphatic carbocycles. The van der Waals surface area contributed by atoms with Crippen LogP contribution in [0.15, 0.2) is 4.52 Å². The highest BCUT2D eigenvalue weighted by molar-refractivity contribution is 7.89. The first-order valence-corrected chi connectivity index (χ1v) is 7.76. The minimum absolute atomic E-state index is 0.164. The van der Waals surface area contributed by atoms with Crippen LogP contribution in [-0.4, -0.2) is 30.9 Å². The zero-order valence-corrected chi connectivity index (χ0v) is 10.6. The van der Waals surface area contributed by atoms with E-state index in [1.807, 2.05) is 0 Å². The lowest BCUT2D eigenvalue weighted by Gasteiger charge is -2.22. The monoisotopic (exact) mass is 259 g/mol. The number of hydrogen-bond donors (Lipinski definition) is 1. The minimum Gasteiger partial charge on any atom is -0.339 e. The van der Waals surface area contributed by atoms with E-state index in [0.717, 1.165) is 31.9 Å². The second-order valence-electron chi connectivity index (χ2n) is 4.73. The van der Waals surface area contributed by atoms with Crippen LogP contribution in [0.2, 0.25) is 0 Å². The van der Waals surface area contributed by atoms with E-state index in [9.17, 15) is 8.42 Å². The molecule has 0 amide bonds. The van der Waals surface area contributed by atoms with Crippen molar-refractivity contribution in [2.45, 2.75) is 43.4 Å². The van der Waals surface area contributed by atoms with Crippen molar-refractivity contribution in [1.82, 2.24) is 10.1 Å². The minimum atomic E-state index is -3.11. The average molecular weight is 259 g/mol. The lowest BCUT2D eigenvalue weighted by molar-refractivity contribution is 0.300. The van der Waals surface area contributed by atoms with Crippen molar-refractivity contribution >= 4 is 9.84 Å². The quantitative estimate of drug-likeness (QED) is 0.853. The van der Waals surface area contributed by atoms with Gasteiger partial charge in [-0.25, -0.2) is 8.42 Å². The topological polar surface area (TPSA) is 99.1 Å². The fraction of sp³-hybridized carbons (Fsp3) is 0.800. The Balaban J connectivity index is 2.03. The number of hydrogen-bond acceptors (Lipinski definition) is 6. The predicted octanol–water partition coefficient (Wildman–Crippen LogP) is 0.599. The Labute approximate surface area is 100 Å². The molecule has 17 heavy (non-hydrogen) atoms. The van der Waals surface area contributed by atoms with E-state index in [1.165, 1.54) is 0 Å². The summed E-state index contributed by atoms with van der Waals surface area (Å²) in [7, 11) is -3.11. The van der Waals surface area contributed by atoms with Gasteiger partial charge in [-0.05, 0) is 25.7 Å². The Hall–Kier alpha value is -0.950. The molecule has 0 aromatic carbocycles. The fourth-order valence-electron chi connectivity index (χ4n) is 2.09. The van der Waals surface area contributed by atoms with Crippen molar-refractivity contribution in [2.24, 2.45) is 5.73 Å². The molecular formula is C10H17N3O3S. The van der Waals surface area contributed by atoms with Crippen molar-refractivity contribution in [1.29, 1.82) is 0 Å². The number of nitrogens with zero attached hydrogens (tertiary/aromatic N) is 2. The summed E-state index contributed by atoms with van der Waals surface area (Å²) in [6.07, 6.45) is 4.93. The SMILES string of the molecule is CS(=O)(=O)Cc1noc(C2CCC(N)CC2)n1. The first kappa shape index (κ1) is 12.5. The average Bonchev–Trinajstić information content (AvgIpc) is 2.64. The van der Waals surface area contributed by atoms with Crippen LogP contribution < -0.4 is 5.73 Å². The summed E-state index contributed by atoms with van der Waals surface area (Å²) in [5.74, 6) is 0.867. The molecule has 0 bridgehead atoms. The molecule has 1 aromatic heterocycles. The summed E-state index contributed by atoms with van der Waals surface area (Å²) in [6.45, 7) is 0. The molecule has 1 aliphatic rings. The Morgan fingerprint density at radius 1 is 1.35 bits per heavy atom. The van der Waals surface area contributed by atoms with Gasteiger partial charge in [0.1, 0.15) is 5.75 Å². The number of aromatic nitrogens is 2. The molecule has 0 atom stereocenters. The normalized spacial score (nSPS) is 26.0. The Kier molecular flexibility index (Phi) is 3.48. The zero-order chi connectivity index (χ0) is 12.5. The van der Waals surface area contributed by atoms with Crippen LogP contribution in [0.25, 0.3) is 0 Å². The van der Waals surface area contributed by atoms with E-state index < -0.39 is 9.84 Å². The summed E-state index contributed by atoms with van der Waals surface area (Å²) in [5, 5.41) is 3.70. The summed E-state index contributed by atoms with van der Waals surface area (Å²) in [4.78, 5) is 4.15. The van der Waals surface area contributed by atoms with Gasteiger partial charge in [-0.2, -0.15) is 4.98 Å². The van der Waals surface area contributed by atoms with E-state index in [-0.39, 0.29) is 23.5 Å². The standard InChI is InChI=1S/C10H17N3O3S/c1-17(14,15)6-9-12-10(16-13-9)7-2-4-8(11)5-3-7/h7-8H,2-6,11H2,1H3. The first-order valence-electron chi connectivity index (χ1n) is 5.70. The van der Waals surface area contributed by atoms with Gasteiger partial charge in [0.25, 0.3) is 0 Å². The summed E-state index contributed by atoms with van der Waals surface area (Å²) in [5.41, 5.74) is 5.82. The summed E-state index contributed by atoms with van der Waals surface area (Å²) >= 11 is 0. The Morgan fingerprint density at radius 3 is 2.59 bits per heavy atom. The molecule has 0 aliphatic heterocycles. The van der Waals surface area contributed by atoms with Crippen LogP contribution in [0.5, 0.6) is 0 Å². The van der Waals surface area contributed by atoms with Crippen molar-refractivity contribution < 1.29 is 12.9 Å². The van der Waals surface area contributed by atoms with Crippen LogP contribution in [-0.2, 0) is 15.6 Å². The molecular weight excluding hydrogens is 242 g/mol. The van der Waals surface area contributed by atoms with E-state index in [2.05, 4.69) is 10.1 Å². The molecule has 0 unspecified atom stereocenters. The molecule has 96 valence electrons. The third-order valence-electron chi connectivity index (χ3n) is 3.00. The van der Waals surface area contributed by atoms with Crippen molar-refractivity contribution in [3.05, 3.63) is 11.7 Å². The molecule has 0 radical (unpaired) electrons. The molecule has 1 aromatic rings. The van der Waals surface area contributed by atoms with Gasteiger partial charge in [0.2, 0.25) is 5.89 Å². The molecule has 7 heteroatoms. The molecule has 1 saturated carbocycles. The van der Waals surface area contributed by atoms with Gasteiger partial charge in [-0.15, -0.1) is 0 Å². The smallest absolute Gasteiger partial charge is 0.229 e. The number of sulfone groups is 1. The van der Waals surface area contributed by atoms with Crippen LogP contribution in [0, 0.1) is 0 Å². The van der Waals surface area contributed by atoms with E-state index in [1.54, 1.807) is 0 Å². The second-order valence-corrected chi connectivity index (χ2v) is 6.87. The van der Waals surface area contributed by atoms with E-state index in [0.29, 0.717) is 5.89 Å². The molecule has 1 heterocycles. The van der Waals surface area contributed by atoms with Crippen LogP contribution in [0.1, 0.15) is 43.3 Å². The van der Waals surface area contributed by atoms with Crippen molar-refractivity contribution in [3.8, 4) is 0 Å². The molecule has 2 N–H and O–H groups in total. The Morgan fingerprint density at radius 2 is 2.00 bits per heavy atom. The maximum atomic E-state index is 11.1. The molecule has 2 rings (SSSR count). The lowest BCUT2D eigenvalue weighted by Crippen LogP contribution is -2.25. The van der Waals surface area contributed by atoms with Crippen LogP contribution in [0.4, 0.5) is 0 Å². The lowest BCUT2D eigenvalue weighted by atomic mass is 9.86. The third kappa shape index (κ3) is 3.50. The van der Waals surface area contributed by atoms with E-state index in [4.69, 9.17) is 10.3 Å². The molecule has 0 spiro atoms. The van der Waals surface area contributed by atoms with Crippen molar-refractivity contribution in [2.75, 3.05) is 6.26 Å². The Bertz CT molecular complexity index is 475. The molecule has 0 saturated heterocycles. The van der Waals surface area contributed by atoms with Crippen molar-refractivity contribution in [3.63, 3.8) is 0 Å².